The van der Waals surface area contributed by atoms with Crippen molar-refractivity contribution in [1.82, 2.24) is 4.90 Å². The Morgan fingerprint density at radius 2 is 1.89 bits per heavy atom. The molecule has 0 fully saturated rings. The van der Waals surface area contributed by atoms with Crippen LogP contribution in [0.2, 0.25) is 0 Å². The fourth-order valence-electron chi connectivity index (χ4n) is 2.35. The summed E-state index contributed by atoms with van der Waals surface area (Å²) in [5.74, 6) is 0.753. The van der Waals surface area contributed by atoms with Gasteiger partial charge in [-0.15, -0.1) is 0 Å². The molecule has 102 valence electrons. The smallest absolute Gasteiger partial charge is 0.0236 e. The molecule has 0 bridgehead atoms. The molecule has 0 aliphatic carbocycles. The molecule has 2 N–H and O–H groups in total. The predicted molar refractivity (Wildman–Crippen MR) is 79.5 cm³/mol. The van der Waals surface area contributed by atoms with Crippen LogP contribution in [-0.2, 0) is 13.1 Å². The van der Waals surface area contributed by atoms with Gasteiger partial charge >= 0.3 is 0 Å². The van der Waals surface area contributed by atoms with Crippen LogP contribution in [0, 0.1) is 12.8 Å². The van der Waals surface area contributed by atoms with E-state index in [2.05, 4.69) is 57.8 Å². The van der Waals surface area contributed by atoms with E-state index in [4.69, 9.17) is 5.73 Å². The molecule has 0 amide bonds. The largest absolute Gasteiger partial charge is 0.326 e. The highest BCUT2D eigenvalue weighted by atomic mass is 15.1. The van der Waals surface area contributed by atoms with Gasteiger partial charge in [0.15, 0.2) is 0 Å². The van der Waals surface area contributed by atoms with Crippen molar-refractivity contribution in [2.75, 3.05) is 7.05 Å². The molecule has 1 atom stereocenters. The van der Waals surface area contributed by atoms with Crippen molar-refractivity contribution in [2.45, 2.75) is 53.2 Å². The van der Waals surface area contributed by atoms with Crippen molar-refractivity contribution in [2.24, 2.45) is 11.7 Å². The van der Waals surface area contributed by atoms with Gasteiger partial charge < -0.3 is 5.73 Å². The molecule has 0 saturated carbocycles. The molecule has 0 saturated heterocycles. The Hall–Kier alpha value is -0.860. The standard InChI is InChI=1S/C16H28N2/c1-12(2)8-14(4)18(5)11-16-7-6-15(10-17)9-13(16)3/h6-7,9,12,14H,8,10-11,17H2,1-5H3. The predicted octanol–water partition coefficient (Wildman–Crippen LogP) is 3.32. The molecule has 1 unspecified atom stereocenters. The molecule has 0 aliphatic rings. The number of nitrogens with two attached hydrogens (primary N) is 1. The highest BCUT2D eigenvalue weighted by Gasteiger charge is 2.12. The van der Waals surface area contributed by atoms with Crippen molar-refractivity contribution in [3.05, 3.63) is 34.9 Å². The van der Waals surface area contributed by atoms with E-state index in [1.807, 2.05) is 0 Å². The molecule has 0 aliphatic heterocycles. The minimum absolute atomic E-state index is 0.624. The average Bonchev–Trinajstić information content (AvgIpc) is 2.30. The van der Waals surface area contributed by atoms with Crippen molar-refractivity contribution in [3.8, 4) is 0 Å². The number of hydrogen-bond acceptors (Lipinski definition) is 2. The Labute approximate surface area is 112 Å². The van der Waals surface area contributed by atoms with Gasteiger partial charge in [-0.05, 0) is 49.9 Å². The lowest BCUT2D eigenvalue weighted by atomic mass is 10.0. The second-order valence-electron chi connectivity index (χ2n) is 5.86. The third-order valence-electron chi connectivity index (χ3n) is 3.63. The maximum Gasteiger partial charge on any atom is 0.0236 e. The zero-order valence-electron chi connectivity index (χ0n) is 12.5. The highest BCUT2D eigenvalue weighted by Crippen LogP contribution is 2.16. The first-order chi connectivity index (χ1) is 8.43. The van der Waals surface area contributed by atoms with E-state index in [0.717, 1.165) is 12.5 Å². The summed E-state index contributed by atoms with van der Waals surface area (Å²) in [5.41, 5.74) is 9.64. The molecular formula is C16H28N2. The lowest BCUT2D eigenvalue weighted by molar-refractivity contribution is 0.220. The van der Waals surface area contributed by atoms with Crippen LogP contribution in [0.25, 0.3) is 0 Å². The van der Waals surface area contributed by atoms with Gasteiger partial charge in [0, 0.05) is 19.1 Å². The summed E-state index contributed by atoms with van der Waals surface area (Å²) >= 11 is 0. The Morgan fingerprint density at radius 3 is 2.39 bits per heavy atom. The first-order valence-electron chi connectivity index (χ1n) is 6.92. The van der Waals surface area contributed by atoms with Crippen LogP contribution in [0.5, 0.6) is 0 Å². The molecule has 0 spiro atoms. The van der Waals surface area contributed by atoms with Gasteiger partial charge in [0.1, 0.15) is 0 Å². The minimum atomic E-state index is 0.624. The van der Waals surface area contributed by atoms with Crippen LogP contribution >= 0.6 is 0 Å². The molecular weight excluding hydrogens is 220 g/mol. The summed E-state index contributed by atoms with van der Waals surface area (Å²) in [6.07, 6.45) is 1.25. The second-order valence-corrected chi connectivity index (χ2v) is 5.86. The van der Waals surface area contributed by atoms with Gasteiger partial charge in [-0.2, -0.15) is 0 Å². The first kappa shape index (κ1) is 15.2. The topological polar surface area (TPSA) is 29.3 Å². The number of benzene rings is 1. The summed E-state index contributed by atoms with van der Waals surface area (Å²) in [6.45, 7) is 10.7. The molecule has 1 rings (SSSR count). The molecule has 0 radical (unpaired) electrons. The van der Waals surface area contributed by atoms with Gasteiger partial charge in [-0.1, -0.05) is 32.0 Å². The maximum absolute atomic E-state index is 5.66. The van der Waals surface area contributed by atoms with Gasteiger partial charge in [0.2, 0.25) is 0 Å². The van der Waals surface area contributed by atoms with Crippen LogP contribution in [0.3, 0.4) is 0 Å². The van der Waals surface area contributed by atoms with E-state index >= 15 is 0 Å². The van der Waals surface area contributed by atoms with Crippen LogP contribution < -0.4 is 5.73 Å². The van der Waals surface area contributed by atoms with E-state index in [0.29, 0.717) is 12.6 Å². The lowest BCUT2D eigenvalue weighted by Gasteiger charge is -2.27. The van der Waals surface area contributed by atoms with Crippen LogP contribution in [0.4, 0.5) is 0 Å². The fourth-order valence-corrected chi connectivity index (χ4v) is 2.35. The van der Waals surface area contributed by atoms with Gasteiger partial charge in [-0.25, -0.2) is 0 Å². The fraction of sp³-hybridized carbons (Fsp3) is 0.625. The molecule has 18 heavy (non-hydrogen) atoms. The van der Waals surface area contributed by atoms with Gasteiger partial charge in [0.05, 0.1) is 0 Å². The van der Waals surface area contributed by atoms with E-state index < -0.39 is 0 Å². The summed E-state index contributed by atoms with van der Waals surface area (Å²) in [7, 11) is 2.21. The van der Waals surface area contributed by atoms with E-state index in [1.54, 1.807) is 0 Å². The summed E-state index contributed by atoms with van der Waals surface area (Å²) in [4.78, 5) is 2.43. The minimum Gasteiger partial charge on any atom is -0.326 e. The van der Waals surface area contributed by atoms with Crippen molar-refractivity contribution in [1.29, 1.82) is 0 Å². The third-order valence-corrected chi connectivity index (χ3v) is 3.63. The highest BCUT2D eigenvalue weighted by molar-refractivity contribution is 5.31. The van der Waals surface area contributed by atoms with Crippen LogP contribution in [0.15, 0.2) is 18.2 Å². The number of nitrogens with zero attached hydrogens (tertiary/aromatic N) is 1. The number of aryl methyl sites for hydroxylation is 1. The van der Waals surface area contributed by atoms with Gasteiger partial charge in [-0.3, -0.25) is 4.90 Å². The summed E-state index contributed by atoms with van der Waals surface area (Å²) in [6, 6.07) is 7.19. The maximum atomic E-state index is 5.66. The van der Waals surface area contributed by atoms with Crippen molar-refractivity contribution >= 4 is 0 Å². The van der Waals surface area contributed by atoms with Crippen LogP contribution in [0.1, 0.15) is 43.9 Å². The molecule has 1 aromatic rings. The van der Waals surface area contributed by atoms with E-state index in [-0.39, 0.29) is 0 Å². The van der Waals surface area contributed by atoms with Gasteiger partial charge in [0.25, 0.3) is 0 Å². The summed E-state index contributed by atoms with van der Waals surface area (Å²) in [5, 5.41) is 0. The van der Waals surface area contributed by atoms with E-state index in [9.17, 15) is 0 Å². The summed E-state index contributed by atoms with van der Waals surface area (Å²) < 4.78 is 0. The monoisotopic (exact) mass is 248 g/mol. The van der Waals surface area contributed by atoms with Crippen molar-refractivity contribution < 1.29 is 0 Å². The Morgan fingerprint density at radius 1 is 1.22 bits per heavy atom. The average molecular weight is 248 g/mol. The molecule has 1 aromatic carbocycles. The lowest BCUT2D eigenvalue weighted by Crippen LogP contribution is -2.30. The van der Waals surface area contributed by atoms with Crippen LogP contribution in [-0.4, -0.2) is 18.0 Å². The zero-order valence-corrected chi connectivity index (χ0v) is 12.5. The second kappa shape index (κ2) is 6.91. The number of rotatable bonds is 6. The van der Waals surface area contributed by atoms with E-state index in [1.165, 1.54) is 23.1 Å². The number of hydrogen-bond donors (Lipinski definition) is 1. The SMILES string of the molecule is Cc1cc(CN)ccc1CN(C)C(C)CC(C)C. The molecule has 2 heteroatoms. The molecule has 2 nitrogen and oxygen atoms in total. The Bertz CT molecular complexity index is 371. The zero-order chi connectivity index (χ0) is 13.7. The third kappa shape index (κ3) is 4.43. The molecule has 0 aromatic heterocycles. The normalized spacial score (nSPS) is 13.3. The Balaban J connectivity index is 2.66. The molecule has 0 heterocycles. The van der Waals surface area contributed by atoms with Crippen molar-refractivity contribution in [3.63, 3.8) is 0 Å². The first-order valence-corrected chi connectivity index (χ1v) is 6.92. The Kier molecular flexibility index (Phi) is 5.83. The quantitative estimate of drug-likeness (QED) is 0.837.